The minimum atomic E-state index is -1.17. The van der Waals surface area contributed by atoms with Crippen LogP contribution in [0.4, 0.5) is 11.4 Å². The first-order chi connectivity index (χ1) is 12.2. The molecule has 0 aromatic heterocycles. The van der Waals surface area contributed by atoms with Crippen LogP contribution in [0.15, 0.2) is 40.6 Å². The van der Waals surface area contributed by atoms with Crippen molar-refractivity contribution in [3.63, 3.8) is 0 Å². The molecule has 0 heterocycles. The summed E-state index contributed by atoms with van der Waals surface area (Å²) in [6.07, 6.45) is 0. The second-order valence-corrected chi connectivity index (χ2v) is 6.76. The number of carbonyl (C=O) groups is 2. The van der Waals surface area contributed by atoms with Crippen LogP contribution in [0.1, 0.15) is 34.7 Å². The maximum absolute atomic E-state index is 12.6. The summed E-state index contributed by atoms with van der Waals surface area (Å²) < 4.78 is 0. The standard InChI is InChI=1S/C21H25N3O2/c1-12-7-8-13(2)19(9-12)23-24-20(17(6)25)21(26)22-18-11-15(4)14(3)10-16(18)5/h7-11,20H,1-6H3,(H,22,26). The number of carbonyl (C=O) groups excluding carboxylic acids is 2. The van der Waals surface area contributed by atoms with Gasteiger partial charge in [-0.15, -0.1) is 0 Å². The number of amides is 1. The van der Waals surface area contributed by atoms with E-state index in [-0.39, 0.29) is 5.78 Å². The van der Waals surface area contributed by atoms with Gasteiger partial charge >= 0.3 is 0 Å². The second kappa shape index (κ2) is 8.04. The van der Waals surface area contributed by atoms with Crippen LogP contribution in [-0.2, 0) is 9.59 Å². The summed E-state index contributed by atoms with van der Waals surface area (Å²) in [7, 11) is 0. The van der Waals surface area contributed by atoms with Gasteiger partial charge in [0.2, 0.25) is 6.04 Å². The van der Waals surface area contributed by atoms with Crippen LogP contribution >= 0.6 is 0 Å². The minimum Gasteiger partial charge on any atom is -0.324 e. The summed E-state index contributed by atoms with van der Waals surface area (Å²) >= 11 is 0. The normalized spacial score (nSPS) is 12.2. The molecule has 26 heavy (non-hydrogen) atoms. The lowest BCUT2D eigenvalue weighted by Gasteiger charge is -2.13. The Hall–Kier alpha value is -2.82. The summed E-state index contributed by atoms with van der Waals surface area (Å²) in [6.45, 7) is 11.1. The van der Waals surface area contributed by atoms with E-state index in [1.807, 2.05) is 65.0 Å². The Labute approximate surface area is 154 Å². The fraction of sp³-hybridized carbons (Fsp3) is 0.333. The summed E-state index contributed by atoms with van der Waals surface area (Å²) in [5.41, 5.74) is 6.49. The zero-order valence-corrected chi connectivity index (χ0v) is 16.2. The van der Waals surface area contributed by atoms with Crippen LogP contribution < -0.4 is 5.32 Å². The SMILES string of the molecule is CC(=O)C(N=Nc1cc(C)ccc1C)C(=O)Nc1cc(C)c(C)cc1C. The third-order valence-corrected chi connectivity index (χ3v) is 4.38. The Bertz CT molecular complexity index is 885. The van der Waals surface area contributed by atoms with Crippen molar-refractivity contribution in [2.45, 2.75) is 47.6 Å². The van der Waals surface area contributed by atoms with Gasteiger partial charge in [0.15, 0.2) is 5.78 Å². The van der Waals surface area contributed by atoms with Crippen LogP contribution in [0.5, 0.6) is 0 Å². The van der Waals surface area contributed by atoms with Crippen LogP contribution in [0.25, 0.3) is 0 Å². The van der Waals surface area contributed by atoms with E-state index in [2.05, 4.69) is 15.5 Å². The number of aryl methyl sites for hydroxylation is 5. The van der Waals surface area contributed by atoms with Crippen LogP contribution in [0.2, 0.25) is 0 Å². The summed E-state index contributed by atoms with van der Waals surface area (Å²) in [4.78, 5) is 24.5. The predicted octanol–water partition coefficient (Wildman–Crippen LogP) is 4.91. The molecule has 1 atom stereocenters. The molecular weight excluding hydrogens is 326 g/mol. The van der Waals surface area contributed by atoms with E-state index in [1.54, 1.807) is 0 Å². The van der Waals surface area contributed by atoms with E-state index in [1.165, 1.54) is 6.92 Å². The Morgan fingerprint density at radius 1 is 0.885 bits per heavy atom. The second-order valence-electron chi connectivity index (χ2n) is 6.76. The highest BCUT2D eigenvalue weighted by Gasteiger charge is 2.24. The smallest absolute Gasteiger partial charge is 0.258 e. The van der Waals surface area contributed by atoms with E-state index in [0.717, 1.165) is 27.8 Å². The maximum Gasteiger partial charge on any atom is 0.258 e. The molecule has 2 rings (SSSR count). The van der Waals surface area contributed by atoms with Gasteiger partial charge in [-0.25, -0.2) is 0 Å². The largest absolute Gasteiger partial charge is 0.324 e. The van der Waals surface area contributed by atoms with E-state index < -0.39 is 11.9 Å². The third-order valence-electron chi connectivity index (χ3n) is 4.38. The van der Waals surface area contributed by atoms with Crippen molar-refractivity contribution in [2.75, 3.05) is 5.32 Å². The Morgan fingerprint density at radius 2 is 1.54 bits per heavy atom. The average Bonchev–Trinajstić information content (AvgIpc) is 2.55. The lowest BCUT2D eigenvalue weighted by atomic mass is 10.0. The van der Waals surface area contributed by atoms with E-state index >= 15 is 0 Å². The van der Waals surface area contributed by atoms with Crippen LogP contribution in [0.3, 0.4) is 0 Å². The number of benzene rings is 2. The summed E-state index contributed by atoms with van der Waals surface area (Å²) in [6, 6.07) is 8.53. The van der Waals surface area contributed by atoms with Crippen molar-refractivity contribution in [2.24, 2.45) is 10.2 Å². The topological polar surface area (TPSA) is 70.9 Å². The monoisotopic (exact) mass is 351 g/mol. The molecule has 0 aliphatic carbocycles. The van der Waals surface area contributed by atoms with E-state index in [0.29, 0.717) is 11.4 Å². The molecule has 0 aliphatic rings. The molecule has 0 fully saturated rings. The highest BCUT2D eigenvalue weighted by atomic mass is 16.2. The number of rotatable bonds is 5. The van der Waals surface area contributed by atoms with E-state index in [4.69, 9.17) is 0 Å². The van der Waals surface area contributed by atoms with Gasteiger partial charge in [-0.3, -0.25) is 9.59 Å². The molecule has 0 radical (unpaired) electrons. The number of ketones is 1. The van der Waals surface area contributed by atoms with Crippen LogP contribution in [-0.4, -0.2) is 17.7 Å². The molecule has 1 amide bonds. The van der Waals surface area contributed by atoms with Crippen molar-refractivity contribution >= 4 is 23.1 Å². The zero-order valence-electron chi connectivity index (χ0n) is 16.2. The third kappa shape index (κ3) is 4.63. The average molecular weight is 351 g/mol. The lowest BCUT2D eigenvalue weighted by Crippen LogP contribution is -2.32. The molecule has 0 bridgehead atoms. The molecular formula is C21H25N3O2. The molecule has 2 aromatic carbocycles. The van der Waals surface area contributed by atoms with Gasteiger partial charge in [0, 0.05) is 5.69 Å². The lowest BCUT2D eigenvalue weighted by molar-refractivity contribution is -0.126. The van der Waals surface area contributed by atoms with Gasteiger partial charge in [-0.2, -0.15) is 10.2 Å². The highest BCUT2D eigenvalue weighted by Crippen LogP contribution is 2.22. The molecule has 0 saturated heterocycles. The van der Waals surface area contributed by atoms with Gasteiger partial charge in [-0.05, 0) is 81.5 Å². The van der Waals surface area contributed by atoms with Crippen molar-refractivity contribution < 1.29 is 9.59 Å². The molecule has 136 valence electrons. The van der Waals surface area contributed by atoms with Crippen molar-refractivity contribution in [1.29, 1.82) is 0 Å². The van der Waals surface area contributed by atoms with Gasteiger partial charge in [-0.1, -0.05) is 18.2 Å². The number of hydrogen-bond acceptors (Lipinski definition) is 4. The van der Waals surface area contributed by atoms with Gasteiger partial charge in [0.25, 0.3) is 5.91 Å². The molecule has 5 heteroatoms. The van der Waals surface area contributed by atoms with Crippen molar-refractivity contribution in [3.8, 4) is 0 Å². The van der Waals surface area contributed by atoms with Gasteiger partial charge < -0.3 is 5.32 Å². The molecule has 1 unspecified atom stereocenters. The minimum absolute atomic E-state index is 0.349. The molecule has 0 aliphatic heterocycles. The zero-order chi connectivity index (χ0) is 19.4. The van der Waals surface area contributed by atoms with Crippen molar-refractivity contribution in [3.05, 3.63) is 58.1 Å². The number of hydrogen-bond donors (Lipinski definition) is 1. The first-order valence-electron chi connectivity index (χ1n) is 8.56. The molecule has 5 nitrogen and oxygen atoms in total. The molecule has 0 spiro atoms. The number of nitrogens with one attached hydrogen (secondary N) is 1. The van der Waals surface area contributed by atoms with E-state index in [9.17, 15) is 9.59 Å². The fourth-order valence-corrected chi connectivity index (χ4v) is 2.56. The predicted molar refractivity (Wildman–Crippen MR) is 104 cm³/mol. The number of anilines is 1. The molecule has 0 saturated carbocycles. The Balaban J connectivity index is 2.25. The maximum atomic E-state index is 12.6. The number of nitrogens with zero attached hydrogens (tertiary/aromatic N) is 2. The Kier molecular flexibility index (Phi) is 6.03. The molecule has 1 N–H and O–H groups in total. The quantitative estimate of drug-likeness (QED) is 0.614. The van der Waals surface area contributed by atoms with Gasteiger partial charge in [0.1, 0.15) is 0 Å². The summed E-state index contributed by atoms with van der Waals surface area (Å²) in [5, 5.41) is 11.0. The highest BCUT2D eigenvalue weighted by molar-refractivity contribution is 6.10. The fourth-order valence-electron chi connectivity index (χ4n) is 2.56. The number of azo groups is 1. The van der Waals surface area contributed by atoms with Gasteiger partial charge in [0.05, 0.1) is 5.69 Å². The number of Topliss-reactive ketones (excluding diaryl/α,β-unsaturated/α-hetero) is 1. The first kappa shape index (κ1) is 19.5. The van der Waals surface area contributed by atoms with Crippen LogP contribution in [0, 0.1) is 34.6 Å². The first-order valence-corrected chi connectivity index (χ1v) is 8.56. The summed E-state index contributed by atoms with van der Waals surface area (Å²) in [5.74, 6) is -0.823. The Morgan fingerprint density at radius 3 is 2.19 bits per heavy atom. The van der Waals surface area contributed by atoms with Crippen molar-refractivity contribution in [1.82, 2.24) is 0 Å². The molecule has 2 aromatic rings.